The highest BCUT2D eigenvalue weighted by Gasteiger charge is 2.78. The number of thioether (sulfide) groups is 1. The quantitative estimate of drug-likeness (QED) is 0.437. The first-order valence-electron chi connectivity index (χ1n) is 12.8. The second-order valence-electron chi connectivity index (χ2n) is 11.3. The normalized spacial score (nSPS) is 32.2. The zero-order chi connectivity index (χ0) is 26.3. The summed E-state index contributed by atoms with van der Waals surface area (Å²) < 4.78 is -1.09. The van der Waals surface area contributed by atoms with Crippen molar-refractivity contribution in [2.24, 2.45) is 17.8 Å². The standard InChI is InChI=1S/C27H43N3O4S/c1-9-13-28(8)23(32)20-21-24(33)30(19(16-31)15-17(3)4)22(25(34)29(14-10-2)18(5)6)27(21)12-11-26(20,7)35-27/h9-10,17-22,31H,1-2,11-16H2,3-8H3/t19-,20+,21+,22?,26-,27?/m1/s1. The lowest BCUT2D eigenvalue weighted by molar-refractivity contribution is -0.148. The fraction of sp³-hybridized carbons (Fsp3) is 0.741. The summed E-state index contributed by atoms with van der Waals surface area (Å²) in [7, 11) is 1.75. The predicted molar refractivity (Wildman–Crippen MR) is 141 cm³/mol. The molecule has 3 aliphatic heterocycles. The molecule has 8 heteroatoms. The Bertz CT molecular complexity index is 876. The van der Waals surface area contributed by atoms with Crippen molar-refractivity contribution < 1.29 is 19.5 Å². The van der Waals surface area contributed by atoms with Gasteiger partial charge in [0.25, 0.3) is 0 Å². The molecule has 0 saturated carbocycles. The molecule has 0 radical (unpaired) electrons. The van der Waals surface area contributed by atoms with Gasteiger partial charge < -0.3 is 19.8 Å². The molecule has 3 heterocycles. The summed E-state index contributed by atoms with van der Waals surface area (Å²) in [6.45, 7) is 18.3. The number of hydrogen-bond acceptors (Lipinski definition) is 5. The fourth-order valence-electron chi connectivity index (χ4n) is 6.61. The number of aliphatic hydroxyl groups excluding tert-OH is 1. The van der Waals surface area contributed by atoms with Crippen LogP contribution >= 0.6 is 11.8 Å². The van der Waals surface area contributed by atoms with E-state index in [1.165, 1.54) is 0 Å². The molecule has 7 nitrogen and oxygen atoms in total. The molecular weight excluding hydrogens is 462 g/mol. The van der Waals surface area contributed by atoms with Crippen LogP contribution in [0.15, 0.2) is 25.3 Å². The summed E-state index contributed by atoms with van der Waals surface area (Å²) in [6, 6.07) is -1.25. The van der Waals surface area contributed by atoms with Gasteiger partial charge in [-0.2, -0.15) is 0 Å². The summed E-state index contributed by atoms with van der Waals surface area (Å²) in [4.78, 5) is 47.3. The molecular formula is C27H43N3O4S. The molecule has 1 spiro atoms. The number of likely N-dealkylation sites (tertiary alicyclic amines) is 1. The molecule has 196 valence electrons. The number of likely N-dealkylation sites (N-methyl/N-ethyl adjacent to an activating group) is 1. The van der Waals surface area contributed by atoms with Gasteiger partial charge in [-0.25, -0.2) is 0 Å². The van der Waals surface area contributed by atoms with E-state index in [-0.39, 0.29) is 36.3 Å². The van der Waals surface area contributed by atoms with Crippen LogP contribution in [0.25, 0.3) is 0 Å². The minimum atomic E-state index is -0.715. The second-order valence-corrected chi connectivity index (χ2v) is 13.2. The van der Waals surface area contributed by atoms with Crippen LogP contribution in [-0.2, 0) is 14.4 Å². The average molecular weight is 506 g/mol. The van der Waals surface area contributed by atoms with E-state index < -0.39 is 33.4 Å². The Balaban J connectivity index is 2.15. The maximum Gasteiger partial charge on any atom is 0.247 e. The van der Waals surface area contributed by atoms with Gasteiger partial charge in [-0.1, -0.05) is 26.0 Å². The fourth-order valence-corrected chi connectivity index (χ4v) is 8.94. The van der Waals surface area contributed by atoms with Crippen molar-refractivity contribution >= 4 is 29.5 Å². The van der Waals surface area contributed by atoms with E-state index in [2.05, 4.69) is 33.9 Å². The van der Waals surface area contributed by atoms with Crippen LogP contribution in [0.3, 0.4) is 0 Å². The molecule has 2 bridgehead atoms. The molecule has 1 N–H and O–H groups in total. The first-order chi connectivity index (χ1) is 16.4. The van der Waals surface area contributed by atoms with Crippen LogP contribution in [-0.4, -0.2) is 91.9 Å². The minimum Gasteiger partial charge on any atom is -0.394 e. The maximum atomic E-state index is 14.3. The van der Waals surface area contributed by atoms with Crippen molar-refractivity contribution in [2.75, 3.05) is 26.7 Å². The largest absolute Gasteiger partial charge is 0.394 e. The minimum absolute atomic E-state index is 0.0657. The number of fused-ring (bicyclic) bond motifs is 1. The Kier molecular flexibility index (Phi) is 8.17. The third-order valence-electron chi connectivity index (χ3n) is 8.07. The zero-order valence-corrected chi connectivity index (χ0v) is 23.0. The van der Waals surface area contributed by atoms with Crippen LogP contribution in [0.5, 0.6) is 0 Å². The highest BCUT2D eigenvalue weighted by Crippen LogP contribution is 2.72. The topological polar surface area (TPSA) is 81.2 Å². The number of hydrogen-bond donors (Lipinski definition) is 1. The van der Waals surface area contributed by atoms with E-state index >= 15 is 0 Å². The Morgan fingerprint density at radius 3 is 2.31 bits per heavy atom. The van der Waals surface area contributed by atoms with Crippen molar-refractivity contribution in [1.29, 1.82) is 0 Å². The smallest absolute Gasteiger partial charge is 0.247 e. The molecule has 0 aliphatic carbocycles. The van der Waals surface area contributed by atoms with Gasteiger partial charge >= 0.3 is 0 Å². The summed E-state index contributed by atoms with van der Waals surface area (Å²) in [6.07, 6.45) is 5.46. The summed E-state index contributed by atoms with van der Waals surface area (Å²) in [5.41, 5.74) is 0. The molecule has 0 aromatic carbocycles. The van der Waals surface area contributed by atoms with Crippen molar-refractivity contribution in [3.8, 4) is 0 Å². The Morgan fingerprint density at radius 2 is 1.80 bits per heavy atom. The molecule has 0 aromatic heterocycles. The van der Waals surface area contributed by atoms with Crippen molar-refractivity contribution in [3.63, 3.8) is 0 Å². The van der Waals surface area contributed by atoms with Gasteiger partial charge in [0.2, 0.25) is 17.7 Å². The molecule has 3 rings (SSSR count). The maximum absolute atomic E-state index is 14.3. The van der Waals surface area contributed by atoms with Gasteiger partial charge in [-0.15, -0.1) is 24.9 Å². The number of carbonyl (C=O) groups excluding carboxylic acids is 3. The number of aliphatic hydroxyl groups is 1. The molecule has 3 fully saturated rings. The second kappa shape index (κ2) is 10.3. The number of amides is 3. The molecule has 0 aromatic rings. The first kappa shape index (κ1) is 27.8. The number of carbonyl (C=O) groups is 3. The third-order valence-corrected chi connectivity index (χ3v) is 10.1. The Morgan fingerprint density at radius 1 is 1.17 bits per heavy atom. The van der Waals surface area contributed by atoms with Crippen molar-refractivity contribution in [2.45, 2.75) is 81.5 Å². The van der Waals surface area contributed by atoms with Crippen LogP contribution in [0.2, 0.25) is 0 Å². The zero-order valence-electron chi connectivity index (χ0n) is 22.2. The highest BCUT2D eigenvalue weighted by atomic mass is 32.2. The molecule has 3 saturated heterocycles. The van der Waals surface area contributed by atoms with E-state index in [0.29, 0.717) is 25.9 Å². The summed E-state index contributed by atoms with van der Waals surface area (Å²) in [5.74, 6) is -1.19. The van der Waals surface area contributed by atoms with E-state index in [4.69, 9.17) is 0 Å². The van der Waals surface area contributed by atoms with Crippen molar-refractivity contribution in [1.82, 2.24) is 14.7 Å². The van der Waals surface area contributed by atoms with Gasteiger partial charge in [0, 0.05) is 30.9 Å². The third kappa shape index (κ3) is 4.45. The van der Waals surface area contributed by atoms with Gasteiger partial charge in [-0.05, 0) is 46.0 Å². The monoisotopic (exact) mass is 505 g/mol. The van der Waals surface area contributed by atoms with Gasteiger partial charge in [0.05, 0.1) is 29.2 Å². The van der Waals surface area contributed by atoms with Gasteiger partial charge in [0.15, 0.2) is 0 Å². The molecule has 3 aliphatic rings. The first-order valence-corrected chi connectivity index (χ1v) is 13.6. The lowest BCUT2D eigenvalue weighted by Gasteiger charge is -2.41. The van der Waals surface area contributed by atoms with Gasteiger partial charge in [-0.3, -0.25) is 14.4 Å². The average Bonchev–Trinajstić information content (AvgIpc) is 3.35. The van der Waals surface area contributed by atoms with Crippen LogP contribution in [0.1, 0.15) is 53.9 Å². The number of rotatable bonds is 11. The molecule has 6 atom stereocenters. The van der Waals surface area contributed by atoms with Gasteiger partial charge in [0.1, 0.15) is 6.04 Å². The van der Waals surface area contributed by atoms with E-state index in [0.717, 1.165) is 6.42 Å². The summed E-state index contributed by atoms with van der Waals surface area (Å²) in [5, 5.41) is 10.4. The molecule has 35 heavy (non-hydrogen) atoms. The lowest BCUT2D eigenvalue weighted by Crippen LogP contribution is -2.58. The molecule has 2 unspecified atom stereocenters. The predicted octanol–water partition coefficient (Wildman–Crippen LogP) is 2.94. The highest BCUT2D eigenvalue weighted by molar-refractivity contribution is 8.02. The SMILES string of the molecule is C=CCN(C)C(=O)[C@@H]1[C@H]2C(=O)N([C@@H](CO)CC(C)C)C(C(=O)N(CC=C)C(C)C)C23CC[C@@]1(C)S3. The van der Waals surface area contributed by atoms with Crippen LogP contribution in [0.4, 0.5) is 0 Å². The number of nitrogens with zero attached hydrogens (tertiary/aromatic N) is 3. The Labute approximate surface area is 215 Å². The van der Waals surface area contributed by atoms with Crippen LogP contribution < -0.4 is 0 Å². The summed E-state index contributed by atoms with van der Waals surface area (Å²) >= 11 is 1.67. The molecule has 3 amide bonds. The van der Waals surface area contributed by atoms with Crippen molar-refractivity contribution in [3.05, 3.63) is 25.3 Å². The van der Waals surface area contributed by atoms with E-state index in [9.17, 15) is 19.5 Å². The van der Waals surface area contributed by atoms with Crippen LogP contribution in [0, 0.1) is 17.8 Å². The lowest BCUT2D eigenvalue weighted by atomic mass is 9.66. The Hall–Kier alpha value is -1.80. The van der Waals surface area contributed by atoms with E-state index in [1.807, 2.05) is 13.8 Å². The van der Waals surface area contributed by atoms with E-state index in [1.54, 1.807) is 45.7 Å².